The second-order valence-electron chi connectivity index (χ2n) is 8.20. The largest absolute Gasteiger partial charge is 0.466 e. The maximum absolute atomic E-state index is 8.88. The van der Waals surface area contributed by atoms with Gasteiger partial charge in [0.05, 0.1) is 12.2 Å². The Bertz CT molecular complexity index is 451. The van der Waals surface area contributed by atoms with Gasteiger partial charge >= 0.3 is 15.6 Å². The van der Waals surface area contributed by atoms with Gasteiger partial charge in [-0.2, -0.15) is 0 Å². The predicted molar refractivity (Wildman–Crippen MR) is 122 cm³/mol. The molecule has 31 heavy (non-hydrogen) atoms. The number of epoxide rings is 1. The van der Waals surface area contributed by atoms with Gasteiger partial charge in [-0.25, -0.2) is 9.13 Å². The summed E-state index contributed by atoms with van der Waals surface area (Å²) < 4.78 is 23.3. The Labute approximate surface area is 188 Å². The molecule has 0 aromatic rings. The van der Waals surface area contributed by atoms with Crippen molar-refractivity contribution in [3.63, 3.8) is 0 Å². The Morgan fingerprint density at radius 3 is 1.10 bits per heavy atom. The number of unbranched alkanes of at least 4 members (excludes halogenated alkanes) is 13. The van der Waals surface area contributed by atoms with E-state index in [1.54, 1.807) is 0 Å². The highest BCUT2D eigenvalue weighted by molar-refractivity contribution is 7.45. The lowest BCUT2D eigenvalue weighted by atomic mass is 9.98. The zero-order chi connectivity index (χ0) is 24.2. The van der Waals surface area contributed by atoms with E-state index in [9.17, 15) is 0 Å². The van der Waals surface area contributed by atoms with Gasteiger partial charge in [0.15, 0.2) is 0 Å². The lowest BCUT2D eigenvalue weighted by Crippen LogP contribution is -2.08. The van der Waals surface area contributed by atoms with Crippen molar-refractivity contribution in [2.45, 2.75) is 122 Å². The molecule has 190 valence electrons. The average molecular weight is 493 g/mol. The summed E-state index contributed by atoms with van der Waals surface area (Å²) in [5, 5.41) is 0. The van der Waals surface area contributed by atoms with Crippen LogP contribution < -0.4 is 0 Å². The van der Waals surface area contributed by atoms with Crippen LogP contribution in [0.5, 0.6) is 0 Å². The molecule has 0 amide bonds. The van der Waals surface area contributed by atoms with Gasteiger partial charge in [0.1, 0.15) is 0 Å². The molecule has 1 aliphatic rings. The Kier molecular flexibility index (Phi) is 21.1. The van der Waals surface area contributed by atoms with Crippen LogP contribution in [0.1, 0.15) is 117 Å². The van der Waals surface area contributed by atoms with E-state index in [0.717, 1.165) is 6.61 Å². The van der Waals surface area contributed by atoms with Crippen molar-refractivity contribution in [1.29, 1.82) is 0 Å². The normalized spacial score (nSPS) is 17.9. The average Bonchev–Trinajstić information content (AvgIpc) is 3.40. The maximum Gasteiger partial charge on any atom is 0.466 e. The minimum absolute atomic E-state index is 0.330. The summed E-state index contributed by atoms with van der Waals surface area (Å²) in [5.41, 5.74) is 0.330. The molecule has 0 saturated carbocycles. The molecule has 0 aromatic heterocycles. The summed E-state index contributed by atoms with van der Waals surface area (Å²) in [5.74, 6) is 0. The van der Waals surface area contributed by atoms with Crippen LogP contribution in [0.4, 0.5) is 0 Å². The fourth-order valence-electron chi connectivity index (χ4n) is 3.27. The number of hydrogen-bond donors (Lipinski definition) is 6. The van der Waals surface area contributed by atoms with Crippen LogP contribution in [-0.2, 0) is 13.9 Å². The molecule has 1 rings (SSSR count). The molecule has 1 aliphatic heterocycles. The SMILES string of the molecule is CCCCCCCCCCCCCCCCC1(CC)CO1.O=P(O)(O)O.O=P(O)(O)O. The van der Waals surface area contributed by atoms with Crippen LogP contribution in [0.2, 0.25) is 0 Å². The number of hydrogen-bond acceptors (Lipinski definition) is 3. The van der Waals surface area contributed by atoms with Crippen LogP contribution in [0.25, 0.3) is 0 Å². The van der Waals surface area contributed by atoms with Crippen LogP contribution in [0.15, 0.2) is 0 Å². The van der Waals surface area contributed by atoms with Gasteiger partial charge < -0.3 is 34.1 Å². The van der Waals surface area contributed by atoms with Crippen LogP contribution >= 0.6 is 15.6 Å². The minimum atomic E-state index is -4.64. The fraction of sp³-hybridized carbons (Fsp3) is 1.00. The van der Waals surface area contributed by atoms with Gasteiger partial charge in [0.2, 0.25) is 0 Å². The molecule has 6 N–H and O–H groups in total. The molecular weight excluding hydrogens is 446 g/mol. The molecule has 9 nitrogen and oxygen atoms in total. The zero-order valence-electron chi connectivity index (χ0n) is 19.3. The first-order valence-electron chi connectivity index (χ1n) is 11.5. The molecular formula is C20H46O9P2. The highest BCUT2D eigenvalue weighted by Crippen LogP contribution is 2.36. The van der Waals surface area contributed by atoms with E-state index in [4.69, 9.17) is 43.2 Å². The van der Waals surface area contributed by atoms with E-state index in [1.807, 2.05) is 0 Å². The van der Waals surface area contributed by atoms with Crippen LogP contribution in [0, 0.1) is 0 Å². The van der Waals surface area contributed by atoms with Crippen molar-refractivity contribution in [2.24, 2.45) is 0 Å². The Hall–Kier alpha value is 0.180. The molecule has 1 fully saturated rings. The van der Waals surface area contributed by atoms with Crippen molar-refractivity contribution in [1.82, 2.24) is 0 Å². The quantitative estimate of drug-likeness (QED) is 0.0966. The van der Waals surface area contributed by atoms with Crippen molar-refractivity contribution >= 4 is 15.6 Å². The molecule has 1 atom stereocenters. The van der Waals surface area contributed by atoms with Crippen molar-refractivity contribution in [3.8, 4) is 0 Å². The van der Waals surface area contributed by atoms with Gasteiger partial charge in [-0.05, 0) is 12.8 Å². The monoisotopic (exact) mass is 492 g/mol. The van der Waals surface area contributed by atoms with E-state index in [1.165, 1.54) is 103 Å². The second-order valence-corrected chi connectivity index (χ2v) is 10.3. The van der Waals surface area contributed by atoms with Crippen molar-refractivity contribution in [2.75, 3.05) is 6.61 Å². The van der Waals surface area contributed by atoms with Gasteiger partial charge in [-0.1, -0.05) is 104 Å². The van der Waals surface area contributed by atoms with Crippen LogP contribution in [-0.4, -0.2) is 41.6 Å². The third kappa shape index (κ3) is 37.8. The minimum Gasteiger partial charge on any atom is -0.370 e. The molecule has 0 aromatic carbocycles. The highest BCUT2D eigenvalue weighted by atomic mass is 31.2. The topological polar surface area (TPSA) is 168 Å². The Balaban J connectivity index is 0. The zero-order valence-corrected chi connectivity index (χ0v) is 21.1. The first-order chi connectivity index (χ1) is 14.3. The number of phosphoric acid groups is 2. The highest BCUT2D eigenvalue weighted by Gasteiger charge is 2.41. The molecule has 1 heterocycles. The molecule has 0 radical (unpaired) electrons. The van der Waals surface area contributed by atoms with Crippen molar-refractivity contribution in [3.05, 3.63) is 0 Å². The van der Waals surface area contributed by atoms with E-state index >= 15 is 0 Å². The second kappa shape index (κ2) is 19.6. The van der Waals surface area contributed by atoms with Gasteiger partial charge in [-0.3, -0.25) is 0 Å². The number of ether oxygens (including phenoxy) is 1. The van der Waals surface area contributed by atoms with Gasteiger partial charge in [0.25, 0.3) is 0 Å². The summed E-state index contributed by atoms with van der Waals surface area (Å²) in [6, 6.07) is 0. The van der Waals surface area contributed by atoms with E-state index < -0.39 is 15.6 Å². The lowest BCUT2D eigenvalue weighted by molar-refractivity contribution is 0.272. The third-order valence-electron chi connectivity index (χ3n) is 5.18. The smallest absolute Gasteiger partial charge is 0.370 e. The standard InChI is InChI=1S/C20H40O.2H3O4P/c1-3-5-6-7-8-9-10-11-12-13-14-15-16-17-18-20(4-2)19-21-20;2*1-5(2,3)4/h3-19H2,1-2H3;2*(H3,1,2,3,4). The molecule has 0 spiro atoms. The predicted octanol–water partition coefficient (Wildman–Crippen LogP) is 5.18. The molecule has 0 bridgehead atoms. The van der Waals surface area contributed by atoms with E-state index in [-0.39, 0.29) is 0 Å². The summed E-state index contributed by atoms with van der Waals surface area (Å²) in [7, 11) is -9.28. The van der Waals surface area contributed by atoms with E-state index in [0.29, 0.717) is 5.60 Å². The maximum atomic E-state index is 8.88. The van der Waals surface area contributed by atoms with Gasteiger partial charge in [-0.15, -0.1) is 0 Å². The van der Waals surface area contributed by atoms with E-state index in [2.05, 4.69) is 13.8 Å². The van der Waals surface area contributed by atoms with Crippen LogP contribution in [0.3, 0.4) is 0 Å². The summed E-state index contributed by atoms with van der Waals surface area (Å²) in [4.78, 5) is 43.1. The number of rotatable bonds is 16. The fourth-order valence-corrected chi connectivity index (χ4v) is 3.27. The van der Waals surface area contributed by atoms with Gasteiger partial charge in [0, 0.05) is 0 Å². The van der Waals surface area contributed by atoms with Crippen molar-refractivity contribution < 1.29 is 43.2 Å². The summed E-state index contributed by atoms with van der Waals surface area (Å²) >= 11 is 0. The summed E-state index contributed by atoms with van der Waals surface area (Å²) in [6.07, 6.45) is 22.8. The molecule has 11 heteroatoms. The lowest BCUT2D eigenvalue weighted by Gasteiger charge is -2.08. The Morgan fingerprint density at radius 2 is 0.871 bits per heavy atom. The first kappa shape index (κ1) is 33.4. The molecule has 1 unspecified atom stereocenters. The molecule has 0 aliphatic carbocycles. The third-order valence-corrected chi connectivity index (χ3v) is 5.18. The summed E-state index contributed by atoms with van der Waals surface area (Å²) in [6.45, 7) is 5.58. The first-order valence-corrected chi connectivity index (χ1v) is 14.7. The Morgan fingerprint density at radius 1 is 0.613 bits per heavy atom. The molecule has 1 saturated heterocycles.